The molecule has 160 valence electrons. The molecule has 1 aliphatic carbocycles. The Morgan fingerprint density at radius 1 is 1.00 bits per heavy atom. The van der Waals surface area contributed by atoms with Crippen LogP contribution in [0.1, 0.15) is 50.2 Å². The van der Waals surface area contributed by atoms with Gasteiger partial charge in [-0.1, -0.05) is 48.5 Å². The quantitative estimate of drug-likeness (QED) is 0.482. The zero-order valence-corrected chi connectivity index (χ0v) is 17.6. The Bertz CT molecular complexity index is 836. The monoisotopic (exact) mass is 410 g/mol. The molecule has 1 aliphatic rings. The van der Waals surface area contributed by atoms with Crippen molar-refractivity contribution in [1.82, 2.24) is 5.32 Å². The SMILES string of the molecule is CC(C)OC(=O)[C@H](N)CCCCNC(=O)OCC1c2ccccc2-c2ccccc21. The van der Waals surface area contributed by atoms with Crippen molar-refractivity contribution in [2.75, 3.05) is 13.2 Å². The molecule has 30 heavy (non-hydrogen) atoms. The van der Waals surface area contributed by atoms with E-state index in [2.05, 4.69) is 29.6 Å². The van der Waals surface area contributed by atoms with Crippen LogP contribution in [-0.4, -0.2) is 37.4 Å². The van der Waals surface area contributed by atoms with Crippen LogP contribution >= 0.6 is 0 Å². The first kappa shape index (κ1) is 21.8. The summed E-state index contributed by atoms with van der Waals surface area (Å²) in [6.45, 7) is 4.36. The van der Waals surface area contributed by atoms with Gasteiger partial charge in [-0.3, -0.25) is 4.79 Å². The summed E-state index contributed by atoms with van der Waals surface area (Å²) in [5, 5.41) is 2.77. The standard InChI is InChI=1S/C24H30N2O4/c1-16(2)30-23(27)22(25)13-7-8-14-26-24(28)29-15-21-19-11-5-3-9-17(19)18-10-4-6-12-20(18)21/h3-6,9-12,16,21-22H,7-8,13-15,25H2,1-2H3,(H,26,28)/t22-/m1/s1. The van der Waals surface area contributed by atoms with E-state index in [0.717, 1.165) is 6.42 Å². The molecule has 0 aromatic heterocycles. The van der Waals surface area contributed by atoms with Crippen molar-refractivity contribution >= 4 is 12.1 Å². The van der Waals surface area contributed by atoms with Gasteiger partial charge in [-0.15, -0.1) is 0 Å². The predicted molar refractivity (Wildman–Crippen MR) is 116 cm³/mol. The van der Waals surface area contributed by atoms with Gasteiger partial charge in [-0.2, -0.15) is 0 Å². The smallest absolute Gasteiger partial charge is 0.407 e. The second-order valence-corrected chi connectivity index (χ2v) is 7.84. The minimum absolute atomic E-state index is 0.0492. The third-order valence-corrected chi connectivity index (χ3v) is 5.21. The van der Waals surface area contributed by atoms with E-state index in [4.69, 9.17) is 15.2 Å². The Hall–Kier alpha value is -2.86. The number of ether oxygens (including phenoxy) is 2. The lowest BCUT2D eigenvalue weighted by atomic mass is 9.98. The summed E-state index contributed by atoms with van der Waals surface area (Å²) in [6, 6.07) is 15.9. The van der Waals surface area contributed by atoms with Gasteiger partial charge in [-0.25, -0.2) is 4.79 Å². The number of amides is 1. The number of benzene rings is 2. The van der Waals surface area contributed by atoms with Crippen molar-refractivity contribution in [3.8, 4) is 11.1 Å². The minimum Gasteiger partial charge on any atom is -0.462 e. The molecule has 0 fully saturated rings. The fourth-order valence-electron chi connectivity index (χ4n) is 3.77. The van der Waals surface area contributed by atoms with Crippen LogP contribution in [0.25, 0.3) is 11.1 Å². The topological polar surface area (TPSA) is 90.6 Å². The van der Waals surface area contributed by atoms with Gasteiger partial charge in [0.1, 0.15) is 12.6 Å². The van der Waals surface area contributed by atoms with E-state index in [9.17, 15) is 9.59 Å². The zero-order chi connectivity index (χ0) is 21.5. The molecule has 0 heterocycles. The molecule has 2 aromatic rings. The number of nitrogens with one attached hydrogen (secondary N) is 1. The zero-order valence-electron chi connectivity index (χ0n) is 17.6. The van der Waals surface area contributed by atoms with E-state index < -0.39 is 12.1 Å². The Kier molecular flexibility index (Phi) is 7.46. The molecule has 1 atom stereocenters. The predicted octanol–water partition coefficient (Wildman–Crippen LogP) is 3.97. The lowest BCUT2D eigenvalue weighted by Gasteiger charge is -2.15. The summed E-state index contributed by atoms with van der Waals surface area (Å²) in [6.07, 6.45) is 1.36. The highest BCUT2D eigenvalue weighted by Gasteiger charge is 2.28. The van der Waals surface area contributed by atoms with Crippen molar-refractivity contribution in [2.45, 2.75) is 51.2 Å². The van der Waals surface area contributed by atoms with Crippen LogP contribution in [0.4, 0.5) is 4.79 Å². The number of alkyl carbamates (subject to hydrolysis) is 1. The van der Waals surface area contributed by atoms with Gasteiger partial charge < -0.3 is 20.5 Å². The highest BCUT2D eigenvalue weighted by molar-refractivity contribution is 5.79. The van der Waals surface area contributed by atoms with E-state index in [0.29, 0.717) is 26.0 Å². The average Bonchev–Trinajstić information content (AvgIpc) is 3.05. The summed E-state index contributed by atoms with van der Waals surface area (Å²) in [4.78, 5) is 23.8. The minimum atomic E-state index is -0.623. The van der Waals surface area contributed by atoms with Gasteiger partial charge in [0.15, 0.2) is 0 Å². The maximum absolute atomic E-state index is 12.1. The van der Waals surface area contributed by atoms with E-state index in [1.807, 2.05) is 24.3 Å². The Morgan fingerprint density at radius 2 is 1.60 bits per heavy atom. The summed E-state index contributed by atoms with van der Waals surface area (Å²) >= 11 is 0. The lowest BCUT2D eigenvalue weighted by molar-refractivity contribution is -0.149. The first-order valence-corrected chi connectivity index (χ1v) is 10.5. The maximum atomic E-state index is 12.1. The average molecular weight is 411 g/mol. The second-order valence-electron chi connectivity index (χ2n) is 7.84. The molecule has 0 spiro atoms. The lowest BCUT2D eigenvalue weighted by Crippen LogP contribution is -2.34. The van der Waals surface area contributed by atoms with Crippen LogP contribution in [-0.2, 0) is 14.3 Å². The highest BCUT2D eigenvalue weighted by Crippen LogP contribution is 2.44. The number of carbonyl (C=O) groups excluding carboxylic acids is 2. The van der Waals surface area contributed by atoms with Gasteiger partial charge in [0.25, 0.3) is 0 Å². The molecular weight excluding hydrogens is 380 g/mol. The van der Waals surface area contributed by atoms with Gasteiger partial charge in [0.2, 0.25) is 0 Å². The first-order chi connectivity index (χ1) is 14.5. The van der Waals surface area contributed by atoms with Crippen molar-refractivity contribution in [3.63, 3.8) is 0 Å². The molecule has 0 radical (unpaired) electrons. The molecule has 0 bridgehead atoms. The Labute approximate surface area is 177 Å². The third kappa shape index (κ3) is 5.39. The largest absolute Gasteiger partial charge is 0.462 e. The van der Waals surface area contributed by atoms with Crippen molar-refractivity contribution in [3.05, 3.63) is 59.7 Å². The Balaban J connectivity index is 1.40. The van der Waals surface area contributed by atoms with Gasteiger partial charge in [-0.05, 0) is 55.4 Å². The maximum Gasteiger partial charge on any atom is 0.407 e. The number of fused-ring (bicyclic) bond motifs is 3. The van der Waals surface area contributed by atoms with Crippen LogP contribution < -0.4 is 11.1 Å². The van der Waals surface area contributed by atoms with Gasteiger partial charge in [0, 0.05) is 12.5 Å². The van der Waals surface area contributed by atoms with E-state index in [1.165, 1.54) is 22.3 Å². The van der Waals surface area contributed by atoms with Crippen molar-refractivity contribution < 1.29 is 19.1 Å². The molecule has 3 rings (SSSR count). The Morgan fingerprint density at radius 3 is 2.20 bits per heavy atom. The van der Waals surface area contributed by atoms with Crippen LogP contribution in [0.15, 0.2) is 48.5 Å². The molecule has 6 heteroatoms. The molecule has 3 N–H and O–H groups in total. The highest BCUT2D eigenvalue weighted by atomic mass is 16.5. The molecular formula is C24H30N2O4. The fraction of sp³-hybridized carbons (Fsp3) is 0.417. The summed E-state index contributed by atoms with van der Waals surface area (Å²) in [5.74, 6) is -0.331. The number of hydrogen-bond acceptors (Lipinski definition) is 5. The third-order valence-electron chi connectivity index (χ3n) is 5.21. The normalized spacial score (nSPS) is 13.5. The fourth-order valence-corrected chi connectivity index (χ4v) is 3.77. The van der Waals surface area contributed by atoms with Gasteiger partial charge in [0.05, 0.1) is 6.10 Å². The van der Waals surface area contributed by atoms with Crippen LogP contribution in [0.5, 0.6) is 0 Å². The van der Waals surface area contributed by atoms with Crippen LogP contribution in [0.3, 0.4) is 0 Å². The molecule has 0 saturated heterocycles. The van der Waals surface area contributed by atoms with Crippen molar-refractivity contribution in [2.24, 2.45) is 5.73 Å². The van der Waals surface area contributed by atoms with Gasteiger partial charge >= 0.3 is 12.1 Å². The summed E-state index contributed by atoms with van der Waals surface area (Å²) < 4.78 is 10.6. The summed E-state index contributed by atoms with van der Waals surface area (Å²) in [7, 11) is 0. The summed E-state index contributed by atoms with van der Waals surface area (Å²) in [5.41, 5.74) is 10.6. The van der Waals surface area contributed by atoms with Crippen LogP contribution in [0, 0.1) is 0 Å². The van der Waals surface area contributed by atoms with E-state index >= 15 is 0 Å². The number of hydrogen-bond donors (Lipinski definition) is 2. The number of esters is 1. The molecule has 0 saturated carbocycles. The number of carbonyl (C=O) groups is 2. The first-order valence-electron chi connectivity index (χ1n) is 10.5. The van der Waals surface area contributed by atoms with Crippen molar-refractivity contribution in [1.29, 1.82) is 0 Å². The van der Waals surface area contributed by atoms with E-state index in [1.54, 1.807) is 13.8 Å². The van der Waals surface area contributed by atoms with E-state index in [-0.39, 0.29) is 18.0 Å². The second kappa shape index (κ2) is 10.3. The molecule has 0 unspecified atom stereocenters. The molecule has 1 amide bonds. The molecule has 6 nitrogen and oxygen atoms in total. The number of nitrogens with two attached hydrogens (primary N) is 1. The number of unbranched alkanes of at least 4 members (excludes halogenated alkanes) is 1. The van der Waals surface area contributed by atoms with Crippen LogP contribution in [0.2, 0.25) is 0 Å². The molecule has 2 aromatic carbocycles. The molecule has 0 aliphatic heterocycles. The number of rotatable bonds is 9.